The van der Waals surface area contributed by atoms with Gasteiger partial charge in [-0.2, -0.15) is 18.3 Å². The molecule has 0 spiro atoms. The van der Waals surface area contributed by atoms with Crippen molar-refractivity contribution in [1.82, 2.24) is 9.78 Å². The van der Waals surface area contributed by atoms with E-state index in [0.29, 0.717) is 0 Å². The first-order valence-electron chi connectivity index (χ1n) is 8.26. The van der Waals surface area contributed by atoms with Gasteiger partial charge < -0.3 is 10.1 Å². The van der Waals surface area contributed by atoms with Gasteiger partial charge in [-0.1, -0.05) is 12.1 Å². The Balaban J connectivity index is 2.05. The lowest BCUT2D eigenvalue weighted by atomic mass is 10.1. The fourth-order valence-electron chi connectivity index (χ4n) is 2.59. The first kappa shape index (κ1) is 21.9. The van der Waals surface area contributed by atoms with Crippen LogP contribution in [0.5, 0.6) is 0 Å². The van der Waals surface area contributed by atoms with Crippen molar-refractivity contribution >= 4 is 23.3 Å². The Hall–Kier alpha value is -3.44. The molecule has 156 valence electrons. The predicted octanol–water partition coefficient (Wildman–Crippen LogP) is 3.00. The predicted molar refractivity (Wildman–Crippen MR) is 94.0 cm³/mol. The zero-order valence-corrected chi connectivity index (χ0v) is 15.6. The molecule has 12 heteroatoms. The molecule has 0 saturated heterocycles. The fourth-order valence-corrected chi connectivity index (χ4v) is 2.59. The number of anilines is 1. The number of carbonyl (C=O) groups is 2. The van der Waals surface area contributed by atoms with Crippen LogP contribution in [0.15, 0.2) is 24.3 Å². The molecule has 1 N–H and O–H groups in total. The van der Waals surface area contributed by atoms with E-state index in [9.17, 15) is 32.9 Å². The lowest BCUT2D eigenvalue weighted by Gasteiger charge is -2.17. The number of halogens is 3. The first-order chi connectivity index (χ1) is 13.4. The van der Waals surface area contributed by atoms with Crippen LogP contribution in [-0.2, 0) is 27.0 Å². The Morgan fingerprint density at radius 2 is 1.93 bits per heavy atom. The lowest BCUT2D eigenvalue weighted by Crippen LogP contribution is -2.32. The number of nitrogens with one attached hydrogen (secondary N) is 1. The average Bonchev–Trinajstić information content (AvgIpc) is 2.87. The molecule has 2 aromatic rings. The van der Waals surface area contributed by atoms with Gasteiger partial charge in [-0.15, -0.1) is 0 Å². The van der Waals surface area contributed by atoms with Crippen LogP contribution in [0.1, 0.15) is 23.9 Å². The number of rotatable bonds is 6. The number of esters is 1. The van der Waals surface area contributed by atoms with E-state index in [-0.39, 0.29) is 17.1 Å². The zero-order valence-electron chi connectivity index (χ0n) is 15.6. The minimum atomic E-state index is -4.67. The van der Waals surface area contributed by atoms with E-state index in [1.54, 1.807) is 0 Å². The maximum Gasteiger partial charge on any atom is 0.418 e. The third-order valence-electron chi connectivity index (χ3n) is 3.97. The average molecular weight is 414 g/mol. The number of nitro groups is 1. The number of amides is 1. The topological polar surface area (TPSA) is 116 Å². The Kier molecular flexibility index (Phi) is 6.25. The summed E-state index contributed by atoms with van der Waals surface area (Å²) >= 11 is 0. The summed E-state index contributed by atoms with van der Waals surface area (Å²) in [6.07, 6.45) is -6.08. The summed E-state index contributed by atoms with van der Waals surface area (Å²) < 4.78 is 44.9. The van der Waals surface area contributed by atoms with Gasteiger partial charge in [0.2, 0.25) is 0 Å². The molecule has 0 aliphatic rings. The van der Waals surface area contributed by atoms with Crippen LogP contribution in [0, 0.1) is 24.0 Å². The standard InChI is InChI=1S/C17H17F3N4O5/c1-9-15(24(27)28)10(2)23(22-9)8-14(25)29-11(3)16(26)21-13-7-5-4-6-12(13)17(18,19)20/h4-7,11H,8H2,1-3H3,(H,21,26)/t11-/m1/s1. The highest BCUT2D eigenvalue weighted by molar-refractivity contribution is 5.95. The SMILES string of the molecule is Cc1nn(CC(=O)O[C@H](C)C(=O)Nc2ccccc2C(F)(F)F)c(C)c1[N+](=O)[O-]. The third-order valence-corrected chi connectivity index (χ3v) is 3.97. The molecule has 2 rings (SSSR count). The number of aryl methyl sites for hydroxylation is 1. The summed E-state index contributed by atoms with van der Waals surface area (Å²) in [7, 11) is 0. The van der Waals surface area contributed by atoms with Crippen molar-refractivity contribution in [3.05, 3.63) is 51.3 Å². The molecule has 1 amide bonds. The molecule has 0 unspecified atom stereocenters. The summed E-state index contributed by atoms with van der Waals surface area (Å²) in [5.74, 6) is -1.90. The number of carbonyl (C=O) groups excluding carboxylic acids is 2. The second kappa shape index (κ2) is 8.29. The van der Waals surface area contributed by atoms with Crippen molar-refractivity contribution in [3.8, 4) is 0 Å². The molecule has 1 heterocycles. The van der Waals surface area contributed by atoms with Crippen molar-refractivity contribution in [2.75, 3.05) is 5.32 Å². The highest BCUT2D eigenvalue weighted by Crippen LogP contribution is 2.34. The number of hydrogen-bond acceptors (Lipinski definition) is 6. The van der Waals surface area contributed by atoms with Crippen molar-refractivity contribution < 1.29 is 32.4 Å². The Labute approximate surface area is 162 Å². The van der Waals surface area contributed by atoms with E-state index >= 15 is 0 Å². The molecule has 0 aliphatic carbocycles. The number of alkyl halides is 3. The van der Waals surface area contributed by atoms with E-state index in [0.717, 1.165) is 16.8 Å². The number of ether oxygens (including phenoxy) is 1. The minimum absolute atomic E-state index is 0.106. The zero-order chi connectivity index (χ0) is 21.9. The van der Waals surface area contributed by atoms with Gasteiger partial charge in [0.05, 0.1) is 16.2 Å². The van der Waals surface area contributed by atoms with E-state index in [1.165, 1.54) is 32.9 Å². The number of nitrogens with zero attached hydrogens (tertiary/aromatic N) is 3. The monoisotopic (exact) mass is 414 g/mol. The summed E-state index contributed by atoms with van der Waals surface area (Å²) in [4.78, 5) is 34.5. The van der Waals surface area contributed by atoms with Crippen molar-refractivity contribution in [2.45, 2.75) is 39.6 Å². The van der Waals surface area contributed by atoms with Gasteiger partial charge in [0.15, 0.2) is 6.10 Å². The fraction of sp³-hybridized carbons (Fsp3) is 0.353. The quantitative estimate of drug-likeness (QED) is 0.441. The number of para-hydroxylation sites is 1. The van der Waals surface area contributed by atoms with Crippen molar-refractivity contribution in [2.24, 2.45) is 0 Å². The van der Waals surface area contributed by atoms with Crippen LogP contribution >= 0.6 is 0 Å². The normalized spacial score (nSPS) is 12.3. The Morgan fingerprint density at radius 1 is 1.31 bits per heavy atom. The van der Waals surface area contributed by atoms with Gasteiger partial charge in [0, 0.05) is 0 Å². The van der Waals surface area contributed by atoms with Gasteiger partial charge in [0.1, 0.15) is 17.9 Å². The molecule has 0 fully saturated rings. The highest BCUT2D eigenvalue weighted by Gasteiger charge is 2.34. The lowest BCUT2D eigenvalue weighted by molar-refractivity contribution is -0.386. The molecule has 0 bridgehead atoms. The van der Waals surface area contributed by atoms with Crippen molar-refractivity contribution in [3.63, 3.8) is 0 Å². The van der Waals surface area contributed by atoms with Crippen LogP contribution in [0.2, 0.25) is 0 Å². The molecule has 0 saturated carbocycles. The second-order valence-corrected chi connectivity index (χ2v) is 6.10. The molecular weight excluding hydrogens is 397 g/mol. The van der Waals surface area contributed by atoms with Gasteiger partial charge in [-0.3, -0.25) is 24.4 Å². The van der Waals surface area contributed by atoms with Crippen LogP contribution in [0.25, 0.3) is 0 Å². The Bertz CT molecular complexity index is 955. The minimum Gasteiger partial charge on any atom is -0.451 e. The van der Waals surface area contributed by atoms with Gasteiger partial charge >= 0.3 is 17.8 Å². The van der Waals surface area contributed by atoms with Crippen LogP contribution in [-0.4, -0.2) is 32.7 Å². The van der Waals surface area contributed by atoms with Gasteiger partial charge in [-0.25, -0.2) is 0 Å². The van der Waals surface area contributed by atoms with E-state index in [4.69, 9.17) is 4.74 Å². The third kappa shape index (κ3) is 5.09. The first-order valence-corrected chi connectivity index (χ1v) is 8.26. The molecule has 29 heavy (non-hydrogen) atoms. The molecule has 9 nitrogen and oxygen atoms in total. The van der Waals surface area contributed by atoms with Crippen LogP contribution < -0.4 is 5.32 Å². The highest BCUT2D eigenvalue weighted by atomic mass is 19.4. The smallest absolute Gasteiger partial charge is 0.418 e. The van der Waals surface area contributed by atoms with Crippen LogP contribution in [0.4, 0.5) is 24.5 Å². The molecule has 1 aromatic heterocycles. The van der Waals surface area contributed by atoms with Crippen molar-refractivity contribution in [1.29, 1.82) is 0 Å². The molecule has 1 aromatic carbocycles. The summed E-state index contributed by atoms with van der Waals surface area (Å²) in [5, 5.41) is 16.9. The largest absolute Gasteiger partial charge is 0.451 e. The summed E-state index contributed by atoms with van der Waals surface area (Å²) in [6, 6.07) is 4.37. The molecule has 0 aliphatic heterocycles. The molecule has 1 atom stereocenters. The van der Waals surface area contributed by atoms with E-state index < -0.39 is 46.9 Å². The molecule has 0 radical (unpaired) electrons. The Morgan fingerprint density at radius 3 is 2.48 bits per heavy atom. The summed E-state index contributed by atoms with van der Waals surface area (Å²) in [6.45, 7) is 3.49. The van der Waals surface area contributed by atoms with Gasteiger partial charge in [-0.05, 0) is 32.9 Å². The summed E-state index contributed by atoms with van der Waals surface area (Å²) in [5.41, 5.74) is -1.52. The number of aromatic nitrogens is 2. The van der Waals surface area contributed by atoms with E-state index in [1.807, 2.05) is 0 Å². The maximum absolute atomic E-state index is 13.0. The maximum atomic E-state index is 13.0. The molecular formula is C17H17F3N4O5. The van der Waals surface area contributed by atoms with Gasteiger partial charge in [0.25, 0.3) is 5.91 Å². The number of benzene rings is 1. The van der Waals surface area contributed by atoms with E-state index in [2.05, 4.69) is 10.4 Å². The van der Waals surface area contributed by atoms with Crippen LogP contribution in [0.3, 0.4) is 0 Å². The number of hydrogen-bond donors (Lipinski definition) is 1. The second-order valence-electron chi connectivity index (χ2n) is 6.10.